The van der Waals surface area contributed by atoms with E-state index in [0.29, 0.717) is 22.2 Å². The average Bonchev–Trinajstić information content (AvgIpc) is 2.77. The average molecular weight is 435 g/mol. The molecular weight excluding hydrogens is 417 g/mol. The van der Waals surface area contributed by atoms with Crippen molar-refractivity contribution in [1.82, 2.24) is 9.97 Å². The highest BCUT2D eigenvalue weighted by molar-refractivity contribution is 7.98. The molecule has 3 aromatic rings. The molecule has 8 heteroatoms. The van der Waals surface area contributed by atoms with Crippen LogP contribution in [0.2, 0.25) is 0 Å². The molecule has 1 aliphatic heterocycles. The van der Waals surface area contributed by atoms with Gasteiger partial charge >= 0.3 is 0 Å². The van der Waals surface area contributed by atoms with Gasteiger partial charge in [-0.05, 0) is 35.4 Å². The lowest BCUT2D eigenvalue weighted by Gasteiger charge is -2.24. The molecule has 31 heavy (non-hydrogen) atoms. The lowest BCUT2D eigenvalue weighted by molar-refractivity contribution is -0.116. The molecule has 156 valence electrons. The van der Waals surface area contributed by atoms with Crippen LogP contribution in [0.3, 0.4) is 0 Å². The number of amides is 1. The Morgan fingerprint density at radius 2 is 1.90 bits per heavy atom. The van der Waals surface area contributed by atoms with E-state index < -0.39 is 5.92 Å². The number of hydrogen-bond donors (Lipinski definition) is 2. The molecule has 0 aliphatic carbocycles. The van der Waals surface area contributed by atoms with Gasteiger partial charge in [0.25, 0.3) is 5.56 Å². The van der Waals surface area contributed by atoms with Crippen molar-refractivity contribution >= 4 is 23.5 Å². The Morgan fingerprint density at radius 3 is 2.61 bits per heavy atom. The van der Waals surface area contributed by atoms with Gasteiger partial charge in [0.1, 0.15) is 24.0 Å². The number of thioether (sulfide) groups is 1. The monoisotopic (exact) mass is 435 g/mol. The second kappa shape index (κ2) is 9.06. The van der Waals surface area contributed by atoms with E-state index in [9.17, 15) is 14.0 Å². The van der Waals surface area contributed by atoms with Gasteiger partial charge in [-0.15, -0.1) is 6.42 Å². The SMILES string of the molecule is C#CCOc1ccc([C@@H]2CC(=O)Nc3nc(SCc4ccc(F)cc4)[nH]c(=O)c32)cc1. The number of rotatable bonds is 6. The number of fused-ring (bicyclic) bond motifs is 1. The first-order chi connectivity index (χ1) is 15.0. The molecule has 0 radical (unpaired) electrons. The zero-order chi connectivity index (χ0) is 21.8. The van der Waals surface area contributed by atoms with Crippen LogP contribution in [0.5, 0.6) is 5.75 Å². The van der Waals surface area contributed by atoms with E-state index >= 15 is 0 Å². The van der Waals surface area contributed by atoms with E-state index in [2.05, 4.69) is 21.2 Å². The van der Waals surface area contributed by atoms with Gasteiger partial charge < -0.3 is 15.0 Å². The van der Waals surface area contributed by atoms with Crippen molar-refractivity contribution < 1.29 is 13.9 Å². The summed E-state index contributed by atoms with van der Waals surface area (Å²) in [5.74, 6) is 2.84. The molecule has 2 heterocycles. The molecule has 1 atom stereocenters. The number of anilines is 1. The molecule has 2 N–H and O–H groups in total. The summed E-state index contributed by atoms with van der Waals surface area (Å²) in [4.78, 5) is 32.4. The number of halogens is 1. The summed E-state index contributed by atoms with van der Waals surface area (Å²) in [6.45, 7) is 0.163. The van der Waals surface area contributed by atoms with Crippen LogP contribution < -0.4 is 15.6 Å². The fourth-order valence-electron chi connectivity index (χ4n) is 3.36. The van der Waals surface area contributed by atoms with Crippen LogP contribution in [0, 0.1) is 18.2 Å². The topological polar surface area (TPSA) is 84.1 Å². The minimum Gasteiger partial charge on any atom is -0.481 e. The van der Waals surface area contributed by atoms with Crippen molar-refractivity contribution in [2.75, 3.05) is 11.9 Å². The summed E-state index contributed by atoms with van der Waals surface area (Å²) in [5.41, 5.74) is 1.82. The van der Waals surface area contributed by atoms with Crippen molar-refractivity contribution in [3.63, 3.8) is 0 Å². The van der Waals surface area contributed by atoms with Crippen molar-refractivity contribution in [2.45, 2.75) is 23.2 Å². The Morgan fingerprint density at radius 1 is 1.16 bits per heavy atom. The maximum absolute atomic E-state index is 13.1. The first-order valence-electron chi connectivity index (χ1n) is 9.51. The number of terminal acetylenes is 1. The molecule has 0 saturated carbocycles. The fourth-order valence-corrected chi connectivity index (χ4v) is 4.17. The van der Waals surface area contributed by atoms with E-state index in [1.54, 1.807) is 24.3 Å². The van der Waals surface area contributed by atoms with Crippen molar-refractivity contribution in [2.24, 2.45) is 0 Å². The van der Waals surface area contributed by atoms with Crippen LogP contribution in [-0.4, -0.2) is 22.5 Å². The normalized spacial score (nSPS) is 15.0. The maximum Gasteiger partial charge on any atom is 0.257 e. The van der Waals surface area contributed by atoms with E-state index in [-0.39, 0.29) is 36.1 Å². The standard InChI is InChI=1S/C23H18FN3O3S/c1-2-11-30-17-9-5-15(6-10-17)18-12-19(28)25-21-20(18)22(29)27-23(26-21)31-13-14-3-7-16(24)8-4-14/h1,3-10,18H,11-13H2,(H2,25,26,27,28,29)/t18-/m0/s1. The molecule has 0 unspecified atom stereocenters. The minimum atomic E-state index is -0.419. The Kier molecular flexibility index (Phi) is 6.05. The lowest BCUT2D eigenvalue weighted by atomic mass is 9.87. The van der Waals surface area contributed by atoms with Gasteiger partial charge in [-0.25, -0.2) is 9.37 Å². The van der Waals surface area contributed by atoms with Crippen molar-refractivity contribution in [3.05, 3.63) is 81.4 Å². The van der Waals surface area contributed by atoms with E-state index in [1.807, 2.05) is 12.1 Å². The molecule has 0 spiro atoms. The van der Waals surface area contributed by atoms with E-state index in [0.717, 1.165) is 11.1 Å². The Labute approximate surface area is 182 Å². The van der Waals surface area contributed by atoms with Crippen LogP contribution in [0.15, 0.2) is 58.5 Å². The van der Waals surface area contributed by atoms with Gasteiger partial charge in [-0.2, -0.15) is 0 Å². The second-order valence-electron chi connectivity index (χ2n) is 6.92. The number of carbonyl (C=O) groups excluding carboxylic acids is 1. The number of ether oxygens (including phenoxy) is 1. The molecule has 1 amide bonds. The number of hydrogen-bond acceptors (Lipinski definition) is 5. The third-order valence-electron chi connectivity index (χ3n) is 4.82. The summed E-state index contributed by atoms with van der Waals surface area (Å²) < 4.78 is 18.4. The zero-order valence-corrected chi connectivity index (χ0v) is 17.2. The number of nitrogens with zero attached hydrogens (tertiary/aromatic N) is 1. The van der Waals surface area contributed by atoms with Gasteiger partial charge in [0.2, 0.25) is 5.91 Å². The van der Waals surface area contributed by atoms with E-state index in [1.165, 1.54) is 23.9 Å². The highest BCUT2D eigenvalue weighted by Crippen LogP contribution is 2.35. The molecular formula is C23H18FN3O3S. The Bertz CT molecular complexity index is 1200. The van der Waals surface area contributed by atoms with Crippen LogP contribution in [0.4, 0.5) is 10.2 Å². The minimum absolute atomic E-state index is 0.143. The molecule has 2 aromatic carbocycles. The highest BCUT2D eigenvalue weighted by atomic mass is 32.2. The van der Waals surface area contributed by atoms with Gasteiger partial charge in [0, 0.05) is 18.1 Å². The number of benzene rings is 2. The number of aromatic nitrogens is 2. The first-order valence-corrected chi connectivity index (χ1v) is 10.5. The van der Waals surface area contributed by atoms with Crippen LogP contribution in [0.25, 0.3) is 0 Å². The first kappa shape index (κ1) is 20.7. The largest absolute Gasteiger partial charge is 0.481 e. The molecule has 4 rings (SSSR count). The molecule has 1 aromatic heterocycles. The van der Waals surface area contributed by atoms with Gasteiger partial charge in [-0.3, -0.25) is 9.59 Å². The number of aromatic amines is 1. The summed E-state index contributed by atoms with van der Waals surface area (Å²) in [6, 6.07) is 13.3. The predicted molar refractivity (Wildman–Crippen MR) is 117 cm³/mol. The Balaban J connectivity index is 1.58. The zero-order valence-electron chi connectivity index (χ0n) is 16.4. The van der Waals surface area contributed by atoms with Gasteiger partial charge in [0.15, 0.2) is 5.16 Å². The van der Waals surface area contributed by atoms with E-state index in [4.69, 9.17) is 11.2 Å². The summed E-state index contributed by atoms with van der Waals surface area (Å²) in [5, 5.41) is 3.09. The summed E-state index contributed by atoms with van der Waals surface area (Å²) in [6.07, 6.45) is 5.34. The quantitative estimate of drug-likeness (QED) is 0.351. The van der Waals surface area contributed by atoms with Crippen LogP contribution in [0.1, 0.15) is 29.0 Å². The van der Waals surface area contributed by atoms with Crippen molar-refractivity contribution in [3.8, 4) is 18.1 Å². The molecule has 0 fully saturated rings. The number of H-pyrrole nitrogens is 1. The summed E-state index contributed by atoms with van der Waals surface area (Å²) >= 11 is 1.30. The fraction of sp³-hybridized carbons (Fsp3) is 0.174. The molecule has 1 aliphatic rings. The third-order valence-corrected chi connectivity index (χ3v) is 5.77. The highest BCUT2D eigenvalue weighted by Gasteiger charge is 2.31. The number of carbonyl (C=O) groups is 1. The van der Waals surface area contributed by atoms with Gasteiger partial charge in [-0.1, -0.05) is 41.9 Å². The molecule has 0 saturated heterocycles. The smallest absolute Gasteiger partial charge is 0.257 e. The molecule has 6 nitrogen and oxygen atoms in total. The predicted octanol–water partition coefficient (Wildman–Crippen LogP) is 3.69. The third kappa shape index (κ3) is 4.78. The number of nitrogens with one attached hydrogen (secondary N) is 2. The van der Waals surface area contributed by atoms with Crippen LogP contribution >= 0.6 is 11.8 Å². The summed E-state index contributed by atoms with van der Waals surface area (Å²) in [7, 11) is 0. The van der Waals surface area contributed by atoms with Crippen LogP contribution in [-0.2, 0) is 10.5 Å². The van der Waals surface area contributed by atoms with Gasteiger partial charge in [0.05, 0.1) is 5.56 Å². The van der Waals surface area contributed by atoms with Crippen molar-refractivity contribution in [1.29, 1.82) is 0 Å². The maximum atomic E-state index is 13.1. The molecule has 0 bridgehead atoms. The Hall–Kier alpha value is -3.57. The lowest BCUT2D eigenvalue weighted by Crippen LogP contribution is -2.31. The second-order valence-corrected chi connectivity index (χ2v) is 7.88.